The van der Waals surface area contributed by atoms with Gasteiger partial charge in [-0.25, -0.2) is 0 Å². The lowest BCUT2D eigenvalue weighted by atomic mass is 10.1. The highest BCUT2D eigenvalue weighted by Crippen LogP contribution is 2.15. The highest BCUT2D eigenvalue weighted by atomic mass is 35.5. The van der Waals surface area contributed by atoms with E-state index in [4.69, 9.17) is 16.3 Å². The van der Waals surface area contributed by atoms with Crippen molar-refractivity contribution in [1.82, 2.24) is 4.98 Å². The number of benzene rings is 1. The van der Waals surface area contributed by atoms with E-state index in [0.717, 1.165) is 11.1 Å². The number of hydrogen-bond acceptors (Lipinski definition) is 2. The molecule has 0 aliphatic carbocycles. The van der Waals surface area contributed by atoms with Crippen LogP contribution in [0.15, 0.2) is 36.7 Å². The topological polar surface area (TPSA) is 22.1 Å². The van der Waals surface area contributed by atoms with Crippen molar-refractivity contribution < 1.29 is 4.74 Å². The molecule has 2 rings (SSSR count). The highest BCUT2D eigenvalue weighted by Gasteiger charge is 1.99. The average molecular weight is 286 g/mol. The lowest BCUT2D eigenvalue weighted by Gasteiger charge is -2.08. The molecular formula is C17H16ClNO. The molecule has 0 saturated heterocycles. The number of aromatic nitrogens is 1. The zero-order valence-electron chi connectivity index (χ0n) is 11.6. The molecule has 2 nitrogen and oxygen atoms in total. The summed E-state index contributed by atoms with van der Waals surface area (Å²) in [7, 11) is 0. The Balaban J connectivity index is 2.07. The van der Waals surface area contributed by atoms with Gasteiger partial charge in [-0.3, -0.25) is 4.98 Å². The Hall–Kier alpha value is -1.98. The Bertz CT molecular complexity index is 635. The molecule has 0 aliphatic heterocycles. The summed E-state index contributed by atoms with van der Waals surface area (Å²) >= 11 is 5.54. The average Bonchev–Trinajstić information content (AvgIpc) is 2.42. The Morgan fingerprint density at radius 2 is 1.85 bits per heavy atom. The van der Waals surface area contributed by atoms with Crippen molar-refractivity contribution in [2.45, 2.75) is 20.5 Å². The smallest absolute Gasteiger partial charge is 0.139 e. The number of ether oxygens (including phenoxy) is 1. The van der Waals surface area contributed by atoms with Gasteiger partial charge < -0.3 is 4.74 Å². The normalized spacial score (nSPS) is 9.75. The molecule has 102 valence electrons. The van der Waals surface area contributed by atoms with Crippen LogP contribution in [0.5, 0.6) is 5.75 Å². The van der Waals surface area contributed by atoms with E-state index in [9.17, 15) is 0 Å². The van der Waals surface area contributed by atoms with E-state index in [1.807, 2.05) is 6.07 Å². The number of alkyl halides is 1. The van der Waals surface area contributed by atoms with Crippen LogP contribution in [0, 0.1) is 25.7 Å². The maximum Gasteiger partial charge on any atom is 0.139 e. The predicted octanol–water partition coefficient (Wildman–Crippen LogP) is 3.87. The quantitative estimate of drug-likeness (QED) is 0.631. The van der Waals surface area contributed by atoms with Crippen LogP contribution in [-0.2, 0) is 6.61 Å². The Kier molecular flexibility index (Phi) is 5.03. The van der Waals surface area contributed by atoms with Gasteiger partial charge in [0.15, 0.2) is 0 Å². The van der Waals surface area contributed by atoms with Crippen molar-refractivity contribution in [3.05, 3.63) is 58.9 Å². The summed E-state index contributed by atoms with van der Waals surface area (Å²) < 4.78 is 5.76. The Morgan fingerprint density at radius 3 is 2.55 bits per heavy atom. The van der Waals surface area contributed by atoms with Crippen LogP contribution in [-0.4, -0.2) is 10.9 Å². The molecule has 0 fully saturated rings. The van der Waals surface area contributed by atoms with Crippen molar-refractivity contribution in [1.29, 1.82) is 0 Å². The van der Waals surface area contributed by atoms with E-state index in [-0.39, 0.29) is 0 Å². The number of halogens is 1. The molecule has 0 amide bonds. The van der Waals surface area contributed by atoms with E-state index >= 15 is 0 Å². The van der Waals surface area contributed by atoms with Gasteiger partial charge in [0.2, 0.25) is 0 Å². The maximum absolute atomic E-state index is 5.76. The Morgan fingerprint density at radius 1 is 1.10 bits per heavy atom. The molecule has 0 unspecified atom stereocenters. The van der Waals surface area contributed by atoms with Crippen molar-refractivity contribution in [2.24, 2.45) is 0 Å². The van der Waals surface area contributed by atoms with Gasteiger partial charge in [-0.2, -0.15) is 0 Å². The third kappa shape index (κ3) is 4.29. The van der Waals surface area contributed by atoms with Gasteiger partial charge in [0.1, 0.15) is 12.4 Å². The lowest BCUT2D eigenvalue weighted by molar-refractivity contribution is 0.304. The van der Waals surface area contributed by atoms with Gasteiger partial charge in [0.25, 0.3) is 0 Å². The standard InChI is InChI=1S/C17H16ClNO/c1-13-6-14(2)8-16(7-13)12-20-17-9-15(4-3-5-18)10-19-11-17/h6-11H,5,12H2,1-2H3. The molecule has 3 heteroatoms. The lowest BCUT2D eigenvalue weighted by Crippen LogP contribution is -1.97. The monoisotopic (exact) mass is 285 g/mol. The molecule has 0 bridgehead atoms. The molecule has 20 heavy (non-hydrogen) atoms. The molecule has 0 spiro atoms. The first kappa shape index (κ1) is 14.4. The van der Waals surface area contributed by atoms with Gasteiger partial charge >= 0.3 is 0 Å². The minimum Gasteiger partial charge on any atom is -0.487 e. The molecule has 0 N–H and O–H groups in total. The minimum atomic E-state index is 0.313. The van der Waals surface area contributed by atoms with Gasteiger partial charge in [0, 0.05) is 11.8 Å². The number of nitrogens with zero attached hydrogens (tertiary/aromatic N) is 1. The first-order chi connectivity index (χ1) is 9.67. The van der Waals surface area contributed by atoms with Crippen LogP contribution >= 0.6 is 11.6 Å². The fourth-order valence-electron chi connectivity index (χ4n) is 2.02. The summed E-state index contributed by atoms with van der Waals surface area (Å²) in [6.07, 6.45) is 3.39. The molecule has 0 radical (unpaired) electrons. The number of hydrogen-bond donors (Lipinski definition) is 0. The molecule has 0 atom stereocenters. The largest absolute Gasteiger partial charge is 0.487 e. The molecule has 2 aromatic rings. The van der Waals surface area contributed by atoms with Gasteiger partial charge in [-0.05, 0) is 25.5 Å². The summed E-state index contributed by atoms with van der Waals surface area (Å²) in [5, 5.41) is 0. The minimum absolute atomic E-state index is 0.313. The first-order valence-electron chi connectivity index (χ1n) is 6.37. The molecule has 1 aromatic carbocycles. The van der Waals surface area contributed by atoms with Crippen LogP contribution in [0.3, 0.4) is 0 Å². The van der Waals surface area contributed by atoms with Crippen LogP contribution in [0.2, 0.25) is 0 Å². The second kappa shape index (κ2) is 6.98. The van der Waals surface area contributed by atoms with Crippen molar-refractivity contribution in [2.75, 3.05) is 5.88 Å². The third-order valence-corrected chi connectivity index (χ3v) is 2.83. The molecule has 0 saturated carbocycles. The van der Waals surface area contributed by atoms with Crippen molar-refractivity contribution in [3.8, 4) is 17.6 Å². The molecule has 1 heterocycles. The van der Waals surface area contributed by atoms with Gasteiger partial charge in [-0.15, -0.1) is 11.6 Å². The van der Waals surface area contributed by atoms with Crippen molar-refractivity contribution in [3.63, 3.8) is 0 Å². The molecular weight excluding hydrogens is 270 g/mol. The van der Waals surface area contributed by atoms with Crippen LogP contribution in [0.4, 0.5) is 0 Å². The van der Waals surface area contributed by atoms with E-state index < -0.39 is 0 Å². The zero-order chi connectivity index (χ0) is 14.4. The summed E-state index contributed by atoms with van der Waals surface area (Å²) in [4.78, 5) is 4.11. The summed E-state index contributed by atoms with van der Waals surface area (Å²) in [5.41, 5.74) is 4.44. The number of pyridine rings is 1. The number of rotatable bonds is 3. The Labute approximate surface area is 124 Å². The fourth-order valence-corrected chi connectivity index (χ4v) is 2.09. The highest BCUT2D eigenvalue weighted by molar-refractivity contribution is 6.19. The van der Waals surface area contributed by atoms with Crippen LogP contribution in [0.1, 0.15) is 22.3 Å². The second-order valence-corrected chi connectivity index (χ2v) is 4.90. The van der Waals surface area contributed by atoms with Gasteiger partial charge in [0.05, 0.1) is 12.1 Å². The zero-order valence-corrected chi connectivity index (χ0v) is 12.4. The molecule has 1 aromatic heterocycles. The third-order valence-electron chi connectivity index (χ3n) is 2.70. The fraction of sp³-hybridized carbons (Fsp3) is 0.235. The van der Waals surface area contributed by atoms with Crippen LogP contribution < -0.4 is 4.74 Å². The molecule has 0 aliphatic rings. The summed E-state index contributed by atoms with van der Waals surface area (Å²) in [5.74, 6) is 6.75. The van der Waals surface area contributed by atoms with Crippen LogP contribution in [0.25, 0.3) is 0 Å². The predicted molar refractivity (Wildman–Crippen MR) is 82.1 cm³/mol. The van der Waals surface area contributed by atoms with Crippen molar-refractivity contribution >= 4 is 11.6 Å². The maximum atomic E-state index is 5.76. The van der Waals surface area contributed by atoms with E-state index in [0.29, 0.717) is 18.2 Å². The number of aryl methyl sites for hydroxylation is 2. The second-order valence-electron chi connectivity index (χ2n) is 4.63. The van der Waals surface area contributed by atoms with E-state index in [2.05, 4.69) is 48.9 Å². The summed E-state index contributed by atoms with van der Waals surface area (Å²) in [6.45, 7) is 4.69. The van der Waals surface area contributed by atoms with E-state index in [1.54, 1.807) is 12.4 Å². The van der Waals surface area contributed by atoms with E-state index in [1.165, 1.54) is 11.1 Å². The summed E-state index contributed by atoms with van der Waals surface area (Å²) in [6, 6.07) is 8.26. The first-order valence-corrected chi connectivity index (χ1v) is 6.90. The van der Waals surface area contributed by atoms with Gasteiger partial charge in [-0.1, -0.05) is 41.2 Å². The SMILES string of the molecule is Cc1cc(C)cc(COc2cncc(C#CCCl)c2)c1.